The van der Waals surface area contributed by atoms with Crippen molar-refractivity contribution in [1.82, 2.24) is 0 Å². The molecule has 16 heavy (non-hydrogen) atoms. The summed E-state index contributed by atoms with van der Waals surface area (Å²) in [5.41, 5.74) is 6.91. The predicted octanol–water partition coefficient (Wildman–Crippen LogP) is 2.96. The summed E-state index contributed by atoms with van der Waals surface area (Å²) in [7, 11) is 0. The Kier molecular flexibility index (Phi) is 3.78. The summed E-state index contributed by atoms with van der Waals surface area (Å²) in [6.45, 7) is 7.09. The summed E-state index contributed by atoms with van der Waals surface area (Å²) in [6, 6.07) is 7.20. The molecule has 0 saturated heterocycles. The van der Waals surface area contributed by atoms with Crippen LogP contribution in [0.25, 0.3) is 0 Å². The molecule has 1 aromatic carbocycles. The molecule has 1 rings (SSSR count). The van der Waals surface area contributed by atoms with E-state index in [1.54, 1.807) is 18.2 Å². The van der Waals surface area contributed by atoms with Crippen LogP contribution < -0.4 is 10.5 Å². The molecular formula is C13H18N2O. The van der Waals surface area contributed by atoms with Gasteiger partial charge in [-0.15, -0.1) is 0 Å². The van der Waals surface area contributed by atoms with Crippen LogP contribution in [0.1, 0.15) is 32.8 Å². The fraction of sp³-hybridized carbons (Fsp3) is 0.462. The molecule has 2 N–H and O–H groups in total. The molecule has 0 heterocycles. The van der Waals surface area contributed by atoms with E-state index in [9.17, 15) is 0 Å². The summed E-state index contributed by atoms with van der Waals surface area (Å²) >= 11 is 0. The molecule has 0 amide bonds. The number of nitrogens with zero attached hydrogens (tertiary/aromatic N) is 1. The minimum absolute atomic E-state index is 0.237. The summed E-state index contributed by atoms with van der Waals surface area (Å²) in [6.07, 6.45) is 0.947. The van der Waals surface area contributed by atoms with Crippen LogP contribution in [-0.4, -0.2) is 6.61 Å². The minimum Gasteiger partial charge on any atom is -0.492 e. The zero-order valence-corrected chi connectivity index (χ0v) is 10.1. The molecule has 0 atom stereocenters. The molecule has 0 saturated carbocycles. The van der Waals surface area contributed by atoms with Gasteiger partial charge in [0, 0.05) is 5.69 Å². The van der Waals surface area contributed by atoms with E-state index in [4.69, 9.17) is 15.7 Å². The van der Waals surface area contributed by atoms with Gasteiger partial charge in [-0.05, 0) is 30.0 Å². The molecule has 0 aliphatic carbocycles. The van der Waals surface area contributed by atoms with Crippen LogP contribution in [0.5, 0.6) is 5.75 Å². The number of rotatable bonds is 3. The number of nitrogen functional groups attached to an aromatic ring is 1. The van der Waals surface area contributed by atoms with Gasteiger partial charge < -0.3 is 10.5 Å². The van der Waals surface area contributed by atoms with Crippen molar-refractivity contribution >= 4 is 5.69 Å². The smallest absolute Gasteiger partial charge is 0.137 e. The fourth-order valence-electron chi connectivity index (χ4n) is 1.23. The van der Waals surface area contributed by atoms with Gasteiger partial charge in [0.05, 0.1) is 12.2 Å². The number of nitriles is 1. The monoisotopic (exact) mass is 218 g/mol. The van der Waals surface area contributed by atoms with Crippen molar-refractivity contribution in [2.45, 2.75) is 27.2 Å². The predicted molar refractivity (Wildman–Crippen MR) is 65.1 cm³/mol. The third-order valence-electron chi connectivity index (χ3n) is 2.23. The molecule has 0 spiro atoms. The Morgan fingerprint density at radius 3 is 2.62 bits per heavy atom. The van der Waals surface area contributed by atoms with Crippen LogP contribution in [0, 0.1) is 16.7 Å². The Balaban J connectivity index is 2.65. The van der Waals surface area contributed by atoms with Gasteiger partial charge in [0.1, 0.15) is 11.8 Å². The van der Waals surface area contributed by atoms with Gasteiger partial charge in [-0.1, -0.05) is 20.8 Å². The highest BCUT2D eigenvalue weighted by Crippen LogP contribution is 2.23. The quantitative estimate of drug-likeness (QED) is 0.793. The lowest BCUT2D eigenvalue weighted by Crippen LogP contribution is -2.11. The third-order valence-corrected chi connectivity index (χ3v) is 2.23. The molecule has 3 nitrogen and oxygen atoms in total. The van der Waals surface area contributed by atoms with E-state index in [0.29, 0.717) is 23.6 Å². The lowest BCUT2D eigenvalue weighted by atomic mass is 9.93. The Bertz CT molecular complexity index is 399. The summed E-state index contributed by atoms with van der Waals surface area (Å²) < 4.78 is 5.58. The second kappa shape index (κ2) is 4.89. The molecule has 0 radical (unpaired) electrons. The van der Waals surface area contributed by atoms with Crippen molar-refractivity contribution in [1.29, 1.82) is 5.26 Å². The lowest BCUT2D eigenvalue weighted by Gasteiger charge is -2.18. The van der Waals surface area contributed by atoms with E-state index in [2.05, 4.69) is 26.8 Å². The summed E-state index contributed by atoms with van der Waals surface area (Å²) in [5.74, 6) is 0.612. The van der Waals surface area contributed by atoms with Crippen molar-refractivity contribution in [3.05, 3.63) is 23.8 Å². The van der Waals surface area contributed by atoms with E-state index >= 15 is 0 Å². The molecule has 0 aromatic heterocycles. The molecule has 0 unspecified atom stereocenters. The number of anilines is 1. The highest BCUT2D eigenvalue weighted by molar-refractivity contribution is 5.53. The second-order valence-corrected chi connectivity index (χ2v) is 5.03. The van der Waals surface area contributed by atoms with E-state index in [0.717, 1.165) is 6.42 Å². The average Bonchev–Trinajstić information content (AvgIpc) is 2.18. The van der Waals surface area contributed by atoms with Gasteiger partial charge in [-0.3, -0.25) is 0 Å². The van der Waals surface area contributed by atoms with Gasteiger partial charge >= 0.3 is 0 Å². The van der Waals surface area contributed by atoms with Gasteiger partial charge in [-0.25, -0.2) is 0 Å². The molecule has 0 aliphatic heterocycles. The topological polar surface area (TPSA) is 59.0 Å². The number of hydrogen-bond donors (Lipinski definition) is 1. The number of nitrogens with two attached hydrogens (primary N) is 1. The molecule has 86 valence electrons. The Labute approximate surface area is 96.8 Å². The molecule has 1 aromatic rings. The maximum Gasteiger partial charge on any atom is 0.137 e. The van der Waals surface area contributed by atoms with Crippen LogP contribution in [0.4, 0.5) is 5.69 Å². The van der Waals surface area contributed by atoms with Crippen LogP contribution in [0.3, 0.4) is 0 Å². The van der Waals surface area contributed by atoms with Crippen molar-refractivity contribution < 1.29 is 4.74 Å². The second-order valence-electron chi connectivity index (χ2n) is 5.03. The molecule has 0 bridgehead atoms. The van der Waals surface area contributed by atoms with Gasteiger partial charge in [0.25, 0.3) is 0 Å². The first-order chi connectivity index (χ1) is 7.42. The highest BCUT2D eigenvalue weighted by atomic mass is 16.5. The van der Waals surface area contributed by atoms with Crippen molar-refractivity contribution in [3.8, 4) is 11.8 Å². The minimum atomic E-state index is 0.237. The first-order valence-corrected chi connectivity index (χ1v) is 5.35. The molecular weight excluding hydrogens is 200 g/mol. The normalized spacial score (nSPS) is 10.9. The van der Waals surface area contributed by atoms with E-state index in [-0.39, 0.29) is 5.41 Å². The van der Waals surface area contributed by atoms with E-state index < -0.39 is 0 Å². The molecule has 3 heteroatoms. The first-order valence-electron chi connectivity index (χ1n) is 5.35. The lowest BCUT2D eigenvalue weighted by molar-refractivity contribution is 0.242. The van der Waals surface area contributed by atoms with Crippen LogP contribution in [0.2, 0.25) is 0 Å². The summed E-state index contributed by atoms with van der Waals surface area (Å²) in [5, 5.41) is 8.92. The first kappa shape index (κ1) is 12.4. The fourth-order valence-corrected chi connectivity index (χ4v) is 1.23. The standard InChI is InChI=1S/C13H18N2O/c1-13(2,3)6-7-16-12-5-4-11(15)8-10(12)9-14/h4-5,8H,6-7,15H2,1-3H3. The summed E-state index contributed by atoms with van der Waals surface area (Å²) in [4.78, 5) is 0. The van der Waals surface area contributed by atoms with Crippen LogP contribution >= 0.6 is 0 Å². The van der Waals surface area contributed by atoms with Gasteiger partial charge in [-0.2, -0.15) is 5.26 Å². The van der Waals surface area contributed by atoms with E-state index in [1.165, 1.54) is 0 Å². The zero-order valence-electron chi connectivity index (χ0n) is 10.1. The zero-order chi connectivity index (χ0) is 12.2. The Morgan fingerprint density at radius 2 is 2.06 bits per heavy atom. The number of hydrogen-bond acceptors (Lipinski definition) is 3. The largest absolute Gasteiger partial charge is 0.492 e. The molecule has 0 aliphatic rings. The maximum atomic E-state index is 8.92. The van der Waals surface area contributed by atoms with Crippen molar-refractivity contribution in [2.24, 2.45) is 5.41 Å². The third kappa shape index (κ3) is 3.82. The average molecular weight is 218 g/mol. The molecule has 0 fully saturated rings. The van der Waals surface area contributed by atoms with Crippen molar-refractivity contribution in [2.75, 3.05) is 12.3 Å². The number of benzene rings is 1. The highest BCUT2D eigenvalue weighted by Gasteiger charge is 2.11. The number of ether oxygens (including phenoxy) is 1. The maximum absolute atomic E-state index is 8.92. The van der Waals surface area contributed by atoms with E-state index in [1.807, 2.05) is 0 Å². The van der Waals surface area contributed by atoms with Gasteiger partial charge in [0.15, 0.2) is 0 Å². The Morgan fingerprint density at radius 1 is 1.38 bits per heavy atom. The van der Waals surface area contributed by atoms with Crippen LogP contribution in [0.15, 0.2) is 18.2 Å². The van der Waals surface area contributed by atoms with Crippen molar-refractivity contribution in [3.63, 3.8) is 0 Å². The Hall–Kier alpha value is -1.69. The van der Waals surface area contributed by atoms with Crippen LogP contribution in [-0.2, 0) is 0 Å². The SMILES string of the molecule is CC(C)(C)CCOc1ccc(N)cc1C#N. The van der Waals surface area contributed by atoms with Gasteiger partial charge in [0.2, 0.25) is 0 Å².